The van der Waals surface area contributed by atoms with Crippen molar-refractivity contribution in [3.8, 4) is 5.75 Å². The van der Waals surface area contributed by atoms with Gasteiger partial charge in [0.05, 0.1) is 0 Å². The van der Waals surface area contributed by atoms with Crippen LogP contribution in [0.15, 0.2) is 54.6 Å². The van der Waals surface area contributed by atoms with Crippen molar-refractivity contribution in [3.63, 3.8) is 0 Å². The molecule has 0 heterocycles. The molecule has 2 aromatic carbocycles. The molecule has 2 aromatic rings. The van der Waals surface area contributed by atoms with Gasteiger partial charge in [-0.25, -0.2) is 0 Å². The Kier molecular flexibility index (Phi) is 6.02. The van der Waals surface area contributed by atoms with E-state index in [4.69, 9.17) is 5.11 Å². The van der Waals surface area contributed by atoms with E-state index < -0.39 is 0 Å². The molecule has 0 amide bonds. The van der Waals surface area contributed by atoms with Crippen molar-refractivity contribution in [1.29, 1.82) is 0 Å². The molecule has 0 spiro atoms. The van der Waals surface area contributed by atoms with Crippen LogP contribution in [0, 0.1) is 0 Å². The molecule has 0 unspecified atom stereocenters. The van der Waals surface area contributed by atoms with E-state index in [1.807, 2.05) is 42.5 Å². The normalized spacial score (nSPS) is 10.0. The quantitative estimate of drug-likeness (QED) is 0.600. The van der Waals surface area contributed by atoms with Gasteiger partial charge in [0.15, 0.2) is 0 Å². The van der Waals surface area contributed by atoms with Crippen molar-refractivity contribution in [2.45, 2.75) is 0 Å². The Bertz CT molecular complexity index is 451. The summed E-state index contributed by atoms with van der Waals surface area (Å²) in [7, 11) is 0. The number of hydrogen-bond donors (Lipinski definition) is 1. The maximum Gasteiger partial charge on any atom is 1.00 e. The Morgan fingerprint density at radius 2 is 1.25 bits per heavy atom. The molecule has 16 heavy (non-hydrogen) atoms. The minimum Gasteiger partial charge on any atom is -1.00 e. The minimum absolute atomic E-state index is 0. The van der Waals surface area contributed by atoms with Crippen molar-refractivity contribution in [2.75, 3.05) is 0 Å². The maximum absolute atomic E-state index is 9.12. The third kappa shape index (κ3) is 4.24. The monoisotopic (exact) mass is 236 g/mol. The van der Waals surface area contributed by atoms with E-state index in [2.05, 4.69) is 12.1 Å². The van der Waals surface area contributed by atoms with E-state index in [-0.39, 0.29) is 52.8 Å². The third-order valence-corrected chi connectivity index (χ3v) is 2.16. The fraction of sp³-hybridized carbons (Fsp3) is 0. The Labute approximate surface area is 140 Å². The second-order valence-corrected chi connectivity index (χ2v) is 3.34. The maximum atomic E-state index is 9.12. The Morgan fingerprint density at radius 1 is 0.750 bits per heavy atom. The van der Waals surface area contributed by atoms with Gasteiger partial charge in [-0.1, -0.05) is 54.6 Å². The second-order valence-electron chi connectivity index (χ2n) is 3.34. The summed E-state index contributed by atoms with van der Waals surface area (Å²) in [4.78, 5) is 0. The summed E-state index contributed by atoms with van der Waals surface area (Å²) in [5.41, 5.74) is 2.25. The minimum atomic E-state index is 0. The van der Waals surface area contributed by atoms with Crippen LogP contribution in [0.3, 0.4) is 0 Å². The third-order valence-electron chi connectivity index (χ3n) is 2.16. The predicted molar refractivity (Wildman–Crippen MR) is 64.6 cm³/mol. The summed E-state index contributed by atoms with van der Waals surface area (Å²) < 4.78 is 0. The van der Waals surface area contributed by atoms with Gasteiger partial charge in [0.1, 0.15) is 5.75 Å². The van der Waals surface area contributed by atoms with Gasteiger partial charge in [0.2, 0.25) is 0 Å². The smallest absolute Gasteiger partial charge is 1.00 e. The zero-order chi connectivity index (χ0) is 10.5. The molecule has 2 rings (SSSR count). The average Bonchev–Trinajstić information content (AvgIpc) is 2.30. The molecule has 0 fully saturated rings. The Hall–Kier alpha value is -0.384. The second kappa shape index (κ2) is 7.04. The van der Waals surface area contributed by atoms with Gasteiger partial charge in [0, 0.05) is 0 Å². The van der Waals surface area contributed by atoms with Gasteiger partial charge in [-0.05, 0) is 23.3 Å². The van der Waals surface area contributed by atoms with Crippen LogP contribution in [-0.2, 0) is 0 Å². The molecule has 0 atom stereocenters. The van der Waals surface area contributed by atoms with Crippen LogP contribution in [0.25, 0.3) is 12.2 Å². The predicted octanol–water partition coefficient (Wildman–Crippen LogP) is 0.679. The largest absolute Gasteiger partial charge is 1.00 e. The molecular weight excluding hydrogens is 223 g/mol. The van der Waals surface area contributed by atoms with E-state index in [0.29, 0.717) is 5.75 Å². The van der Waals surface area contributed by atoms with Gasteiger partial charge in [-0.2, -0.15) is 0 Å². The first-order valence-corrected chi connectivity index (χ1v) is 4.87. The van der Waals surface area contributed by atoms with Crippen LogP contribution in [0.4, 0.5) is 0 Å². The van der Waals surface area contributed by atoms with Gasteiger partial charge >= 0.3 is 51.4 Å². The van der Waals surface area contributed by atoms with Crippen LogP contribution >= 0.6 is 0 Å². The Balaban J connectivity index is 0.00000128. The van der Waals surface area contributed by atoms with E-state index in [0.717, 1.165) is 5.56 Å². The van der Waals surface area contributed by atoms with Gasteiger partial charge in [-0.15, -0.1) is 0 Å². The standard InChI is InChI=1S/C14H12O.K.H/c15-14-10-8-13(9-11-14)7-6-12-4-2-1-3-5-12;;/h1-11,15H;;/q;+1;-1/b7-6+;;. The molecule has 0 bridgehead atoms. The number of phenolic OH excluding ortho intramolecular Hbond substituents is 1. The van der Waals surface area contributed by atoms with Crippen LogP contribution < -0.4 is 51.4 Å². The molecule has 0 aromatic heterocycles. The summed E-state index contributed by atoms with van der Waals surface area (Å²) in [6.45, 7) is 0. The number of phenols is 1. The van der Waals surface area contributed by atoms with Gasteiger partial charge in [0.25, 0.3) is 0 Å². The zero-order valence-corrected chi connectivity index (χ0v) is 12.4. The van der Waals surface area contributed by atoms with Crippen molar-refractivity contribution in [2.24, 2.45) is 0 Å². The summed E-state index contributed by atoms with van der Waals surface area (Å²) in [6, 6.07) is 17.3. The van der Waals surface area contributed by atoms with Crippen molar-refractivity contribution < 1.29 is 57.9 Å². The summed E-state index contributed by atoms with van der Waals surface area (Å²) in [5.74, 6) is 0.298. The van der Waals surface area contributed by atoms with E-state index in [9.17, 15) is 0 Å². The molecule has 1 N–H and O–H groups in total. The molecule has 2 heteroatoms. The fourth-order valence-electron chi connectivity index (χ4n) is 1.34. The molecule has 0 saturated carbocycles. The van der Waals surface area contributed by atoms with Gasteiger partial charge in [-0.3, -0.25) is 0 Å². The van der Waals surface area contributed by atoms with Crippen LogP contribution in [0.5, 0.6) is 5.75 Å². The summed E-state index contributed by atoms with van der Waals surface area (Å²) in [5, 5.41) is 9.12. The number of benzene rings is 2. The van der Waals surface area contributed by atoms with Crippen molar-refractivity contribution in [3.05, 3.63) is 65.7 Å². The SMILES string of the molecule is Oc1ccc(/C=C/c2ccccc2)cc1.[H-].[K+]. The topological polar surface area (TPSA) is 20.2 Å². The number of aromatic hydroxyl groups is 1. The molecule has 0 saturated heterocycles. The van der Waals surface area contributed by atoms with Gasteiger partial charge < -0.3 is 6.53 Å². The number of rotatable bonds is 2. The zero-order valence-electron chi connectivity index (χ0n) is 10.3. The molecular formula is C14H13KO. The first-order valence-electron chi connectivity index (χ1n) is 4.87. The first kappa shape index (κ1) is 13.7. The van der Waals surface area contributed by atoms with E-state index in [1.165, 1.54) is 5.56 Å². The Morgan fingerprint density at radius 3 is 1.81 bits per heavy atom. The van der Waals surface area contributed by atoms with Crippen molar-refractivity contribution in [1.82, 2.24) is 0 Å². The number of hydrogen-bond acceptors (Lipinski definition) is 1. The molecule has 1 nitrogen and oxygen atoms in total. The van der Waals surface area contributed by atoms with Crippen molar-refractivity contribution >= 4 is 12.2 Å². The fourth-order valence-corrected chi connectivity index (χ4v) is 1.34. The average molecular weight is 236 g/mol. The van der Waals surface area contributed by atoms with Crippen LogP contribution in [0.1, 0.15) is 12.6 Å². The van der Waals surface area contributed by atoms with E-state index >= 15 is 0 Å². The molecule has 0 aliphatic carbocycles. The summed E-state index contributed by atoms with van der Waals surface area (Å²) in [6.07, 6.45) is 4.07. The molecule has 0 aliphatic heterocycles. The van der Waals surface area contributed by atoms with E-state index in [1.54, 1.807) is 12.1 Å². The summed E-state index contributed by atoms with van der Waals surface area (Å²) >= 11 is 0. The first-order chi connectivity index (χ1) is 7.34. The molecule has 0 radical (unpaired) electrons. The molecule has 0 aliphatic rings. The van der Waals surface area contributed by atoms with Crippen LogP contribution in [-0.4, -0.2) is 5.11 Å². The molecule has 76 valence electrons. The van der Waals surface area contributed by atoms with Crippen LogP contribution in [0.2, 0.25) is 0 Å².